The number of hydrogen-bond donors (Lipinski definition) is 1. The largest absolute Gasteiger partial charge is 0.379 e. The van der Waals surface area contributed by atoms with Crippen molar-refractivity contribution in [1.29, 1.82) is 0 Å². The Morgan fingerprint density at radius 1 is 1.43 bits per heavy atom. The second-order valence-corrected chi connectivity index (χ2v) is 8.09. The molecule has 124 valence electrons. The molecule has 1 aliphatic carbocycles. The topological polar surface area (TPSA) is 36.9 Å². The number of hydrogen-bond acceptors (Lipinski definition) is 3. The molecule has 6 heteroatoms. The second-order valence-electron chi connectivity index (χ2n) is 6.28. The monoisotopic (exact) mass is 427 g/mol. The minimum atomic E-state index is 0. The van der Waals surface area contributed by atoms with E-state index in [2.05, 4.69) is 42.7 Å². The van der Waals surface area contributed by atoms with Gasteiger partial charge < -0.3 is 15.0 Å². The molecule has 4 nitrogen and oxygen atoms in total. The van der Waals surface area contributed by atoms with Crippen LogP contribution in [0, 0.1) is 5.92 Å². The molecular weight excluding hydrogens is 397 g/mol. The van der Waals surface area contributed by atoms with Crippen molar-refractivity contribution in [2.24, 2.45) is 10.9 Å². The van der Waals surface area contributed by atoms with E-state index in [1.807, 2.05) is 0 Å². The van der Waals surface area contributed by atoms with Crippen LogP contribution in [0.2, 0.25) is 0 Å². The minimum Gasteiger partial charge on any atom is -0.379 e. The minimum absolute atomic E-state index is 0. The fourth-order valence-electron chi connectivity index (χ4n) is 2.37. The lowest BCUT2D eigenvalue weighted by molar-refractivity contribution is 0.131. The maximum Gasteiger partial charge on any atom is 0.194 e. The maximum atomic E-state index is 5.66. The Morgan fingerprint density at radius 2 is 2.19 bits per heavy atom. The number of guanidine groups is 1. The Balaban J connectivity index is 0.00000220. The average Bonchev–Trinajstić information content (AvgIpc) is 3.20. The molecule has 0 aromatic heterocycles. The number of nitrogens with zero attached hydrogens (tertiary/aromatic N) is 2. The van der Waals surface area contributed by atoms with Crippen molar-refractivity contribution in [2.75, 3.05) is 45.1 Å². The summed E-state index contributed by atoms with van der Waals surface area (Å²) in [5, 5.41) is 3.41. The molecule has 1 saturated carbocycles. The molecule has 1 heterocycles. The number of aliphatic imine (C=N–C) groups is 1. The Morgan fingerprint density at radius 3 is 2.81 bits per heavy atom. The van der Waals surface area contributed by atoms with Gasteiger partial charge in [0, 0.05) is 36.7 Å². The lowest BCUT2D eigenvalue weighted by atomic mass is 10.2. The van der Waals surface area contributed by atoms with Crippen LogP contribution in [0.4, 0.5) is 0 Å². The highest BCUT2D eigenvalue weighted by Gasteiger charge is 2.28. The quantitative estimate of drug-likeness (QED) is 0.306. The molecule has 0 aromatic carbocycles. The Bertz CT molecular complexity index is 335. The predicted molar refractivity (Wildman–Crippen MR) is 103 cm³/mol. The van der Waals surface area contributed by atoms with Gasteiger partial charge in [0.05, 0.1) is 13.2 Å². The van der Waals surface area contributed by atoms with Crippen LogP contribution in [0.3, 0.4) is 0 Å². The summed E-state index contributed by atoms with van der Waals surface area (Å²) < 4.78 is 5.97. The summed E-state index contributed by atoms with van der Waals surface area (Å²) in [4.78, 5) is 7.11. The Labute approximate surface area is 150 Å². The van der Waals surface area contributed by atoms with Gasteiger partial charge in [-0.25, -0.2) is 0 Å². The van der Waals surface area contributed by atoms with E-state index in [1.54, 1.807) is 0 Å². The smallest absolute Gasteiger partial charge is 0.194 e. The van der Waals surface area contributed by atoms with Gasteiger partial charge in [0.1, 0.15) is 0 Å². The highest BCUT2D eigenvalue weighted by atomic mass is 127. The molecule has 0 bridgehead atoms. The summed E-state index contributed by atoms with van der Waals surface area (Å²) in [5.74, 6) is 3.07. The van der Waals surface area contributed by atoms with Gasteiger partial charge in [-0.3, -0.25) is 4.99 Å². The van der Waals surface area contributed by atoms with Gasteiger partial charge in [-0.15, -0.1) is 24.0 Å². The molecule has 1 aliphatic heterocycles. The number of nitrogens with one attached hydrogen (secondary N) is 1. The van der Waals surface area contributed by atoms with E-state index in [4.69, 9.17) is 9.73 Å². The van der Waals surface area contributed by atoms with E-state index < -0.39 is 0 Å². The van der Waals surface area contributed by atoms with Crippen LogP contribution in [0.1, 0.15) is 33.6 Å². The third-order valence-electron chi connectivity index (χ3n) is 3.61. The first-order valence-corrected chi connectivity index (χ1v) is 8.84. The Hall–Kier alpha value is 0.310. The van der Waals surface area contributed by atoms with Crippen LogP contribution in [-0.4, -0.2) is 60.8 Å². The molecule has 1 N–H and O–H groups in total. The molecule has 0 unspecified atom stereocenters. The molecule has 0 aromatic rings. The molecule has 0 amide bonds. The maximum absolute atomic E-state index is 5.66. The third kappa shape index (κ3) is 7.41. The average molecular weight is 427 g/mol. The van der Waals surface area contributed by atoms with Crippen LogP contribution in [-0.2, 0) is 4.74 Å². The van der Waals surface area contributed by atoms with Crippen molar-refractivity contribution in [2.45, 2.75) is 38.4 Å². The third-order valence-corrected chi connectivity index (χ3v) is 4.91. The fourth-order valence-corrected chi connectivity index (χ4v) is 3.49. The molecule has 2 rings (SSSR count). The second kappa shape index (κ2) is 9.45. The van der Waals surface area contributed by atoms with Gasteiger partial charge in [0.25, 0.3) is 0 Å². The first-order valence-electron chi connectivity index (χ1n) is 7.86. The number of ether oxygens (including phenoxy) is 1. The predicted octanol–water partition coefficient (Wildman–Crippen LogP) is 2.82. The van der Waals surface area contributed by atoms with Crippen LogP contribution >= 0.6 is 35.7 Å². The van der Waals surface area contributed by atoms with Gasteiger partial charge in [-0.1, -0.05) is 0 Å². The molecule has 2 aliphatic rings. The van der Waals surface area contributed by atoms with E-state index >= 15 is 0 Å². The molecule has 0 spiro atoms. The van der Waals surface area contributed by atoms with E-state index in [-0.39, 0.29) is 24.0 Å². The lowest BCUT2D eigenvalue weighted by Gasteiger charge is -2.39. The zero-order chi connectivity index (χ0) is 14.4. The summed E-state index contributed by atoms with van der Waals surface area (Å²) in [6, 6.07) is 0. The SMILES string of the molecule is CCNC(=NCCOCC1CC1)N1CCSC(C)(C)C1.I. The van der Waals surface area contributed by atoms with Crippen LogP contribution in [0.5, 0.6) is 0 Å². The van der Waals surface area contributed by atoms with Gasteiger partial charge in [0.2, 0.25) is 0 Å². The molecule has 1 saturated heterocycles. The van der Waals surface area contributed by atoms with Crippen molar-refractivity contribution >= 4 is 41.7 Å². The Kier molecular flexibility index (Phi) is 8.71. The van der Waals surface area contributed by atoms with E-state index in [1.165, 1.54) is 18.6 Å². The van der Waals surface area contributed by atoms with Gasteiger partial charge in [-0.05, 0) is 39.5 Å². The lowest BCUT2D eigenvalue weighted by Crippen LogP contribution is -2.51. The van der Waals surface area contributed by atoms with E-state index in [9.17, 15) is 0 Å². The normalized spacial score (nSPS) is 21.9. The summed E-state index contributed by atoms with van der Waals surface area (Å²) in [7, 11) is 0. The zero-order valence-corrected chi connectivity index (χ0v) is 16.7. The first kappa shape index (κ1) is 19.4. The van der Waals surface area contributed by atoms with Crippen molar-refractivity contribution in [3.8, 4) is 0 Å². The van der Waals surface area contributed by atoms with Crippen molar-refractivity contribution in [3.05, 3.63) is 0 Å². The van der Waals surface area contributed by atoms with E-state index in [0.29, 0.717) is 4.75 Å². The summed E-state index contributed by atoms with van der Waals surface area (Å²) in [6.07, 6.45) is 2.71. The highest BCUT2D eigenvalue weighted by molar-refractivity contribution is 14.0. The van der Waals surface area contributed by atoms with Crippen LogP contribution in [0.25, 0.3) is 0 Å². The summed E-state index contributed by atoms with van der Waals surface area (Å²) in [6.45, 7) is 12.3. The van der Waals surface area contributed by atoms with Gasteiger partial charge >= 0.3 is 0 Å². The fraction of sp³-hybridized carbons (Fsp3) is 0.933. The van der Waals surface area contributed by atoms with Gasteiger partial charge in [0.15, 0.2) is 5.96 Å². The van der Waals surface area contributed by atoms with Crippen molar-refractivity contribution in [3.63, 3.8) is 0 Å². The molecule has 2 fully saturated rings. The van der Waals surface area contributed by atoms with E-state index in [0.717, 1.165) is 51.3 Å². The standard InChI is InChI=1S/C15H29N3OS.HI/c1-4-16-14(17-7-9-19-11-13-5-6-13)18-8-10-20-15(2,3)12-18;/h13H,4-12H2,1-3H3,(H,16,17);1H. The number of thioether (sulfide) groups is 1. The van der Waals surface area contributed by atoms with Gasteiger partial charge in [-0.2, -0.15) is 11.8 Å². The molecular formula is C15H30IN3OS. The number of rotatable bonds is 6. The van der Waals surface area contributed by atoms with Crippen molar-refractivity contribution < 1.29 is 4.74 Å². The molecule has 21 heavy (non-hydrogen) atoms. The van der Waals surface area contributed by atoms with Crippen LogP contribution in [0.15, 0.2) is 4.99 Å². The number of halogens is 1. The van der Waals surface area contributed by atoms with Crippen LogP contribution < -0.4 is 5.32 Å². The molecule has 0 atom stereocenters. The highest BCUT2D eigenvalue weighted by Crippen LogP contribution is 2.29. The zero-order valence-electron chi connectivity index (χ0n) is 13.6. The van der Waals surface area contributed by atoms with Crippen molar-refractivity contribution in [1.82, 2.24) is 10.2 Å². The summed E-state index contributed by atoms with van der Waals surface area (Å²) in [5.41, 5.74) is 0. The first-order chi connectivity index (χ1) is 9.61. The summed E-state index contributed by atoms with van der Waals surface area (Å²) >= 11 is 2.05. The molecule has 0 radical (unpaired) electrons.